The minimum Gasteiger partial charge on any atom is -0.492 e. The van der Waals surface area contributed by atoms with Crippen molar-refractivity contribution in [2.24, 2.45) is 11.7 Å². The Morgan fingerprint density at radius 1 is 1.21 bits per heavy atom. The number of ether oxygens (including phenoxy) is 1. The van der Waals surface area contributed by atoms with Gasteiger partial charge in [0.1, 0.15) is 10.8 Å². The summed E-state index contributed by atoms with van der Waals surface area (Å²) in [6.45, 7) is 6.99. The van der Waals surface area contributed by atoms with Crippen LogP contribution in [-0.4, -0.2) is 49.2 Å². The summed E-state index contributed by atoms with van der Waals surface area (Å²) in [5.41, 5.74) is 7.49. The second-order valence-electron chi connectivity index (χ2n) is 9.53. The highest BCUT2D eigenvalue weighted by Gasteiger charge is 2.25. The van der Waals surface area contributed by atoms with Gasteiger partial charge in [-0.25, -0.2) is 13.4 Å². The molecule has 2 aromatic carbocycles. The van der Waals surface area contributed by atoms with Crippen molar-refractivity contribution >= 4 is 56.2 Å². The van der Waals surface area contributed by atoms with E-state index in [4.69, 9.17) is 22.1 Å². The molecule has 0 saturated carbocycles. The number of anilines is 5. The molecule has 1 unspecified atom stereocenters. The molecule has 0 radical (unpaired) electrons. The molecule has 0 bridgehead atoms. The molecule has 1 aromatic heterocycles. The lowest BCUT2D eigenvalue weighted by molar-refractivity contribution is -0.122. The van der Waals surface area contributed by atoms with Gasteiger partial charge in [0.2, 0.25) is 11.9 Å². The van der Waals surface area contributed by atoms with Gasteiger partial charge < -0.3 is 26.0 Å². The molecule has 1 aliphatic heterocycles. The van der Waals surface area contributed by atoms with Crippen molar-refractivity contribution in [1.29, 1.82) is 0 Å². The predicted molar refractivity (Wildman–Crippen MR) is 154 cm³/mol. The fourth-order valence-electron chi connectivity index (χ4n) is 4.36. The second-order valence-corrected chi connectivity index (χ2v) is 12.4. The molecule has 208 valence electrons. The minimum absolute atomic E-state index is 0.162. The van der Waals surface area contributed by atoms with Crippen LogP contribution in [0.25, 0.3) is 0 Å². The lowest BCUT2D eigenvalue weighted by Crippen LogP contribution is -2.41. The maximum Gasteiger partial charge on any atom is 0.229 e. The maximum absolute atomic E-state index is 12.9. The molecule has 39 heavy (non-hydrogen) atoms. The van der Waals surface area contributed by atoms with Gasteiger partial charge in [-0.3, -0.25) is 4.79 Å². The smallest absolute Gasteiger partial charge is 0.229 e. The number of para-hydroxylation sites is 1. The molecule has 0 spiro atoms. The summed E-state index contributed by atoms with van der Waals surface area (Å²) < 4.78 is 31.6. The number of carbonyl (C=O) groups is 1. The van der Waals surface area contributed by atoms with Crippen LogP contribution >= 0.6 is 11.6 Å². The van der Waals surface area contributed by atoms with E-state index in [9.17, 15) is 13.2 Å². The zero-order valence-electron chi connectivity index (χ0n) is 22.1. The third-order valence-corrected chi connectivity index (χ3v) is 9.00. The molecular weight excluding hydrogens is 540 g/mol. The molecule has 4 N–H and O–H groups in total. The van der Waals surface area contributed by atoms with E-state index >= 15 is 0 Å². The van der Waals surface area contributed by atoms with Gasteiger partial charge in [-0.15, -0.1) is 0 Å². The molecule has 3 aromatic rings. The quantitative estimate of drug-likeness (QED) is 0.309. The van der Waals surface area contributed by atoms with E-state index in [-0.39, 0.29) is 33.5 Å². The molecule has 1 aliphatic rings. The van der Waals surface area contributed by atoms with Crippen molar-refractivity contribution in [3.05, 3.63) is 53.7 Å². The number of hydrogen-bond donors (Lipinski definition) is 3. The molecule has 10 nitrogen and oxygen atoms in total. The molecule has 0 aliphatic carbocycles. The van der Waals surface area contributed by atoms with Gasteiger partial charge in [-0.1, -0.05) is 23.7 Å². The van der Waals surface area contributed by atoms with Crippen molar-refractivity contribution < 1.29 is 17.9 Å². The van der Waals surface area contributed by atoms with Gasteiger partial charge in [-0.2, -0.15) is 4.98 Å². The van der Waals surface area contributed by atoms with E-state index in [2.05, 4.69) is 25.5 Å². The van der Waals surface area contributed by atoms with E-state index in [1.165, 1.54) is 6.20 Å². The van der Waals surface area contributed by atoms with Gasteiger partial charge >= 0.3 is 0 Å². The average molecular weight is 573 g/mol. The van der Waals surface area contributed by atoms with E-state index in [0.29, 0.717) is 30.3 Å². The van der Waals surface area contributed by atoms with E-state index in [1.54, 1.807) is 38.1 Å². The predicted octanol–water partition coefficient (Wildman–Crippen LogP) is 4.90. The highest BCUT2D eigenvalue weighted by molar-refractivity contribution is 7.92. The monoisotopic (exact) mass is 572 g/mol. The normalized spacial score (nSPS) is 15.7. The minimum atomic E-state index is -3.54. The lowest BCUT2D eigenvalue weighted by Gasteiger charge is -2.33. The van der Waals surface area contributed by atoms with Crippen LogP contribution in [0.5, 0.6) is 5.75 Å². The lowest BCUT2D eigenvalue weighted by atomic mass is 9.97. The Kier molecular flexibility index (Phi) is 8.81. The number of piperidine rings is 1. The fraction of sp³-hybridized carbons (Fsp3) is 0.370. The maximum atomic E-state index is 12.9. The Balaban J connectivity index is 1.60. The van der Waals surface area contributed by atoms with Crippen molar-refractivity contribution in [3.8, 4) is 5.75 Å². The standard InChI is InChI=1S/C27H33ClN6O4S/c1-4-38-23-14-19(34-13-7-8-18(16-34)25(29)35)11-12-21(23)32-27-30-15-20(28)26(33-27)31-22-9-5-6-10-24(22)39(36,37)17(2)3/h5-6,9-12,14-15,17-18H,4,7-8,13,16H2,1-3H3,(H2,29,35)(H2,30,31,32,33). The highest BCUT2D eigenvalue weighted by Crippen LogP contribution is 2.35. The molecule has 1 fully saturated rings. The number of primary amides is 1. The number of nitrogens with zero attached hydrogens (tertiary/aromatic N) is 3. The Morgan fingerprint density at radius 2 is 1.97 bits per heavy atom. The number of sulfone groups is 1. The Bertz CT molecular complexity index is 1450. The fourth-order valence-corrected chi connectivity index (χ4v) is 5.70. The zero-order chi connectivity index (χ0) is 28.2. The Labute approximate surface area is 233 Å². The van der Waals surface area contributed by atoms with E-state index in [0.717, 1.165) is 25.1 Å². The van der Waals surface area contributed by atoms with Crippen LogP contribution < -0.4 is 26.0 Å². The first-order valence-electron chi connectivity index (χ1n) is 12.8. The number of rotatable bonds is 10. The summed E-state index contributed by atoms with van der Waals surface area (Å²) in [4.78, 5) is 22.8. The van der Waals surface area contributed by atoms with Gasteiger partial charge in [0.05, 0.1) is 40.2 Å². The zero-order valence-corrected chi connectivity index (χ0v) is 23.7. The Hall–Kier alpha value is -3.57. The third-order valence-electron chi connectivity index (χ3n) is 6.51. The number of aromatic nitrogens is 2. The average Bonchev–Trinajstić information content (AvgIpc) is 2.92. The molecule has 1 amide bonds. The van der Waals surface area contributed by atoms with Crippen LogP contribution in [0, 0.1) is 5.92 Å². The summed E-state index contributed by atoms with van der Waals surface area (Å²) in [5.74, 6) is 0.628. The molecule has 1 atom stereocenters. The second kappa shape index (κ2) is 12.1. The highest BCUT2D eigenvalue weighted by atomic mass is 35.5. The molecular formula is C27H33ClN6O4S. The van der Waals surface area contributed by atoms with Crippen molar-refractivity contribution in [2.75, 3.05) is 35.2 Å². The van der Waals surface area contributed by atoms with Crippen molar-refractivity contribution in [1.82, 2.24) is 9.97 Å². The van der Waals surface area contributed by atoms with Crippen molar-refractivity contribution in [2.45, 2.75) is 43.8 Å². The number of benzene rings is 2. The van der Waals surface area contributed by atoms with Crippen LogP contribution in [0.15, 0.2) is 53.6 Å². The topological polar surface area (TPSA) is 140 Å². The van der Waals surface area contributed by atoms with Crippen LogP contribution in [0.1, 0.15) is 33.6 Å². The summed E-state index contributed by atoms with van der Waals surface area (Å²) >= 11 is 6.37. The summed E-state index contributed by atoms with van der Waals surface area (Å²) in [7, 11) is -3.54. The van der Waals surface area contributed by atoms with Gasteiger partial charge in [0.15, 0.2) is 15.7 Å². The molecule has 4 rings (SSSR count). The first kappa shape index (κ1) is 28.4. The largest absolute Gasteiger partial charge is 0.492 e. The number of nitrogens with two attached hydrogens (primary N) is 1. The number of carbonyl (C=O) groups excluding carboxylic acids is 1. The van der Waals surface area contributed by atoms with Gasteiger partial charge in [-0.05, 0) is 57.9 Å². The van der Waals surface area contributed by atoms with Crippen LogP contribution in [-0.2, 0) is 14.6 Å². The van der Waals surface area contributed by atoms with Crippen LogP contribution in [0.4, 0.5) is 28.8 Å². The molecule has 2 heterocycles. The van der Waals surface area contributed by atoms with Crippen molar-refractivity contribution in [3.63, 3.8) is 0 Å². The Morgan fingerprint density at radius 3 is 2.69 bits per heavy atom. The first-order chi connectivity index (χ1) is 18.6. The number of hydrogen-bond acceptors (Lipinski definition) is 9. The SMILES string of the molecule is CCOc1cc(N2CCCC(C(N)=O)C2)ccc1Nc1ncc(Cl)c(Nc2ccccc2S(=O)(=O)C(C)C)n1. The number of nitrogens with one attached hydrogen (secondary N) is 2. The first-order valence-corrected chi connectivity index (χ1v) is 14.7. The van der Waals surface area contributed by atoms with Gasteiger partial charge in [0, 0.05) is 24.8 Å². The molecule has 1 saturated heterocycles. The third kappa shape index (κ3) is 6.54. The number of amides is 1. The number of halogens is 1. The summed E-state index contributed by atoms with van der Waals surface area (Å²) in [5, 5.41) is 5.87. The van der Waals surface area contributed by atoms with E-state index in [1.807, 2.05) is 25.1 Å². The summed E-state index contributed by atoms with van der Waals surface area (Å²) in [6.07, 6.45) is 3.11. The van der Waals surface area contributed by atoms with Crippen LogP contribution in [0.2, 0.25) is 5.02 Å². The van der Waals surface area contributed by atoms with Crippen LogP contribution in [0.3, 0.4) is 0 Å². The molecule has 12 heteroatoms. The van der Waals surface area contributed by atoms with E-state index < -0.39 is 15.1 Å². The summed E-state index contributed by atoms with van der Waals surface area (Å²) in [6, 6.07) is 12.3. The van der Waals surface area contributed by atoms with Gasteiger partial charge in [0.25, 0.3) is 0 Å².